The lowest BCUT2D eigenvalue weighted by Crippen LogP contribution is -1.82. The van der Waals surface area contributed by atoms with E-state index in [0.29, 0.717) is 0 Å². The summed E-state index contributed by atoms with van der Waals surface area (Å²) in [5.74, 6) is 0. The van der Waals surface area contributed by atoms with E-state index < -0.39 is 0 Å². The standard InChI is InChI=1S/C12H10BrN/c1-9-5-6-11(8-14-9)10-3-2-4-12(13)7-10/h2-8H,1H3. The molecule has 0 aliphatic heterocycles. The van der Waals surface area contributed by atoms with E-state index in [4.69, 9.17) is 0 Å². The molecule has 0 aliphatic carbocycles. The van der Waals surface area contributed by atoms with E-state index in [1.165, 1.54) is 5.56 Å². The van der Waals surface area contributed by atoms with Gasteiger partial charge in [0.2, 0.25) is 0 Å². The Morgan fingerprint density at radius 3 is 2.57 bits per heavy atom. The number of rotatable bonds is 1. The number of aromatic nitrogens is 1. The molecule has 0 radical (unpaired) electrons. The van der Waals surface area contributed by atoms with E-state index in [0.717, 1.165) is 15.7 Å². The van der Waals surface area contributed by atoms with Crippen LogP contribution in [0, 0.1) is 6.92 Å². The lowest BCUT2D eigenvalue weighted by atomic mass is 10.1. The molecule has 1 aromatic carbocycles. The maximum absolute atomic E-state index is 4.27. The summed E-state index contributed by atoms with van der Waals surface area (Å²) in [6.45, 7) is 1.99. The second-order valence-electron chi connectivity index (χ2n) is 3.20. The first-order valence-electron chi connectivity index (χ1n) is 4.44. The van der Waals surface area contributed by atoms with Crippen LogP contribution in [0.2, 0.25) is 0 Å². The Morgan fingerprint density at radius 1 is 1.07 bits per heavy atom. The van der Waals surface area contributed by atoms with Gasteiger partial charge in [0.05, 0.1) is 0 Å². The van der Waals surface area contributed by atoms with Gasteiger partial charge in [-0.1, -0.05) is 34.1 Å². The quantitative estimate of drug-likeness (QED) is 0.747. The highest BCUT2D eigenvalue weighted by atomic mass is 79.9. The van der Waals surface area contributed by atoms with Crippen molar-refractivity contribution in [1.82, 2.24) is 4.98 Å². The number of pyridine rings is 1. The molecular weight excluding hydrogens is 238 g/mol. The lowest BCUT2D eigenvalue weighted by Gasteiger charge is -2.01. The summed E-state index contributed by atoms with van der Waals surface area (Å²) < 4.78 is 1.09. The van der Waals surface area contributed by atoms with E-state index in [-0.39, 0.29) is 0 Å². The molecule has 1 nitrogen and oxygen atoms in total. The second kappa shape index (κ2) is 3.93. The van der Waals surface area contributed by atoms with Crippen LogP contribution in [-0.2, 0) is 0 Å². The van der Waals surface area contributed by atoms with Crippen LogP contribution in [0.3, 0.4) is 0 Å². The molecule has 0 amide bonds. The number of hydrogen-bond donors (Lipinski definition) is 0. The zero-order valence-corrected chi connectivity index (χ0v) is 9.45. The average molecular weight is 248 g/mol. The predicted molar refractivity (Wildman–Crippen MR) is 62.1 cm³/mol. The van der Waals surface area contributed by atoms with Crippen molar-refractivity contribution in [3.05, 3.63) is 52.8 Å². The topological polar surface area (TPSA) is 12.9 Å². The number of benzene rings is 1. The first-order valence-corrected chi connectivity index (χ1v) is 5.23. The molecular formula is C12H10BrN. The third kappa shape index (κ3) is 2.02. The monoisotopic (exact) mass is 247 g/mol. The molecule has 2 aromatic rings. The second-order valence-corrected chi connectivity index (χ2v) is 4.11. The van der Waals surface area contributed by atoms with E-state index >= 15 is 0 Å². The first kappa shape index (κ1) is 9.41. The van der Waals surface area contributed by atoms with E-state index in [2.05, 4.69) is 39.1 Å². The van der Waals surface area contributed by atoms with Gasteiger partial charge in [-0.3, -0.25) is 4.98 Å². The minimum absolute atomic E-state index is 1.05. The van der Waals surface area contributed by atoms with E-state index in [1.807, 2.05) is 31.3 Å². The summed E-state index contributed by atoms with van der Waals surface area (Å²) in [5, 5.41) is 0. The Balaban J connectivity index is 2.44. The van der Waals surface area contributed by atoms with Crippen molar-refractivity contribution in [3.8, 4) is 11.1 Å². The fourth-order valence-electron chi connectivity index (χ4n) is 1.31. The van der Waals surface area contributed by atoms with Gasteiger partial charge in [-0.05, 0) is 30.7 Å². The molecule has 70 valence electrons. The summed E-state index contributed by atoms with van der Waals surface area (Å²) in [6.07, 6.45) is 1.90. The van der Waals surface area contributed by atoms with Gasteiger partial charge in [0.25, 0.3) is 0 Å². The molecule has 1 heterocycles. The number of halogens is 1. The van der Waals surface area contributed by atoms with Crippen LogP contribution >= 0.6 is 15.9 Å². The fraction of sp³-hybridized carbons (Fsp3) is 0.0833. The molecule has 0 saturated carbocycles. The van der Waals surface area contributed by atoms with Crippen molar-refractivity contribution >= 4 is 15.9 Å². The molecule has 2 heteroatoms. The first-order chi connectivity index (χ1) is 6.75. The molecule has 0 saturated heterocycles. The highest BCUT2D eigenvalue weighted by Gasteiger charge is 1.97. The predicted octanol–water partition coefficient (Wildman–Crippen LogP) is 3.82. The molecule has 0 unspecified atom stereocenters. The minimum Gasteiger partial charge on any atom is -0.261 e. The van der Waals surface area contributed by atoms with Crippen molar-refractivity contribution in [2.24, 2.45) is 0 Å². The van der Waals surface area contributed by atoms with Crippen LogP contribution in [0.25, 0.3) is 11.1 Å². The largest absolute Gasteiger partial charge is 0.261 e. The number of aryl methyl sites for hydroxylation is 1. The maximum Gasteiger partial charge on any atom is 0.0373 e. The molecule has 2 rings (SSSR count). The van der Waals surface area contributed by atoms with Crippen molar-refractivity contribution in [2.45, 2.75) is 6.92 Å². The van der Waals surface area contributed by atoms with Gasteiger partial charge in [0.15, 0.2) is 0 Å². The molecule has 0 spiro atoms. The summed E-state index contributed by atoms with van der Waals surface area (Å²) >= 11 is 3.45. The Labute approximate surface area is 91.9 Å². The molecule has 0 atom stereocenters. The third-order valence-electron chi connectivity index (χ3n) is 2.07. The van der Waals surface area contributed by atoms with Gasteiger partial charge in [0, 0.05) is 21.9 Å². The summed E-state index contributed by atoms with van der Waals surface area (Å²) in [6, 6.07) is 12.3. The highest BCUT2D eigenvalue weighted by Crippen LogP contribution is 2.22. The van der Waals surface area contributed by atoms with Crippen molar-refractivity contribution in [2.75, 3.05) is 0 Å². The van der Waals surface area contributed by atoms with Gasteiger partial charge in [-0.2, -0.15) is 0 Å². The van der Waals surface area contributed by atoms with Crippen LogP contribution < -0.4 is 0 Å². The zero-order chi connectivity index (χ0) is 9.97. The van der Waals surface area contributed by atoms with Gasteiger partial charge < -0.3 is 0 Å². The van der Waals surface area contributed by atoms with Gasteiger partial charge in [-0.15, -0.1) is 0 Å². The number of hydrogen-bond acceptors (Lipinski definition) is 1. The molecule has 14 heavy (non-hydrogen) atoms. The maximum atomic E-state index is 4.27. The van der Waals surface area contributed by atoms with Crippen molar-refractivity contribution in [3.63, 3.8) is 0 Å². The van der Waals surface area contributed by atoms with Crippen LogP contribution in [0.1, 0.15) is 5.69 Å². The van der Waals surface area contributed by atoms with Crippen LogP contribution in [0.15, 0.2) is 47.1 Å². The molecule has 0 aliphatic rings. The number of nitrogens with zero attached hydrogens (tertiary/aromatic N) is 1. The Hall–Kier alpha value is -1.15. The summed E-state index contributed by atoms with van der Waals surface area (Å²) in [5.41, 5.74) is 3.38. The highest BCUT2D eigenvalue weighted by molar-refractivity contribution is 9.10. The zero-order valence-electron chi connectivity index (χ0n) is 7.87. The normalized spacial score (nSPS) is 10.1. The Kier molecular flexibility index (Phi) is 2.64. The molecule has 0 fully saturated rings. The SMILES string of the molecule is Cc1ccc(-c2cccc(Br)c2)cn1. The fourth-order valence-corrected chi connectivity index (χ4v) is 1.71. The van der Waals surface area contributed by atoms with Gasteiger partial charge >= 0.3 is 0 Å². The minimum atomic E-state index is 1.05. The summed E-state index contributed by atoms with van der Waals surface area (Å²) in [7, 11) is 0. The molecule has 0 bridgehead atoms. The Morgan fingerprint density at radius 2 is 1.93 bits per heavy atom. The van der Waals surface area contributed by atoms with Crippen molar-refractivity contribution < 1.29 is 0 Å². The summed E-state index contributed by atoms with van der Waals surface area (Å²) in [4.78, 5) is 4.27. The van der Waals surface area contributed by atoms with Gasteiger partial charge in [-0.25, -0.2) is 0 Å². The molecule has 0 N–H and O–H groups in total. The van der Waals surface area contributed by atoms with E-state index in [1.54, 1.807) is 0 Å². The smallest absolute Gasteiger partial charge is 0.0373 e. The third-order valence-corrected chi connectivity index (χ3v) is 2.56. The lowest BCUT2D eigenvalue weighted by molar-refractivity contribution is 1.20. The van der Waals surface area contributed by atoms with E-state index in [9.17, 15) is 0 Å². The van der Waals surface area contributed by atoms with Crippen LogP contribution in [0.5, 0.6) is 0 Å². The van der Waals surface area contributed by atoms with Crippen molar-refractivity contribution in [1.29, 1.82) is 0 Å². The van der Waals surface area contributed by atoms with Crippen LogP contribution in [0.4, 0.5) is 0 Å². The van der Waals surface area contributed by atoms with Crippen LogP contribution in [-0.4, -0.2) is 4.98 Å². The molecule has 1 aromatic heterocycles. The Bertz CT molecular complexity index is 434. The van der Waals surface area contributed by atoms with Gasteiger partial charge in [0.1, 0.15) is 0 Å². The average Bonchev–Trinajstić information content (AvgIpc) is 2.19.